The molecule has 11 heteroatoms. The predicted molar refractivity (Wildman–Crippen MR) is 151 cm³/mol. The van der Waals surface area contributed by atoms with Crippen molar-refractivity contribution in [3.8, 4) is 0 Å². The summed E-state index contributed by atoms with van der Waals surface area (Å²) < 4.78 is 5.33. The van der Waals surface area contributed by atoms with Crippen LogP contribution >= 0.6 is 0 Å². The first-order chi connectivity index (χ1) is 18.9. The number of benzene rings is 2. The first-order valence-corrected chi connectivity index (χ1v) is 13.2. The lowest BCUT2D eigenvalue weighted by Crippen LogP contribution is -2.55. The molecule has 2 unspecified atom stereocenters. The molecule has 0 saturated carbocycles. The maximum atomic E-state index is 13.2. The highest BCUT2D eigenvalue weighted by Gasteiger charge is 2.37. The Bertz CT molecular complexity index is 1060. The van der Waals surface area contributed by atoms with Crippen LogP contribution in [-0.4, -0.2) is 83.9 Å². The van der Waals surface area contributed by atoms with Gasteiger partial charge in [0.25, 0.3) is 5.91 Å². The highest BCUT2D eigenvalue weighted by atomic mass is 16.6. The van der Waals surface area contributed by atoms with Gasteiger partial charge >= 0.3 is 12.2 Å². The van der Waals surface area contributed by atoms with Crippen molar-refractivity contribution in [1.29, 1.82) is 0 Å². The lowest BCUT2D eigenvalue weighted by Gasteiger charge is -2.32. The molecule has 40 heavy (non-hydrogen) atoms. The van der Waals surface area contributed by atoms with Gasteiger partial charge < -0.3 is 41.3 Å². The Morgan fingerprint density at radius 1 is 0.800 bits per heavy atom. The second-order valence-corrected chi connectivity index (χ2v) is 10.7. The van der Waals surface area contributed by atoms with Crippen LogP contribution < -0.4 is 21.3 Å². The fourth-order valence-corrected chi connectivity index (χ4v) is 4.17. The van der Waals surface area contributed by atoms with Crippen molar-refractivity contribution >= 4 is 18.1 Å². The molecule has 0 aliphatic rings. The molecule has 7 N–H and O–H groups in total. The zero-order valence-corrected chi connectivity index (χ0v) is 23.5. The van der Waals surface area contributed by atoms with E-state index in [1.807, 2.05) is 60.7 Å². The highest BCUT2D eigenvalue weighted by molar-refractivity contribution is 5.84. The minimum atomic E-state index is -1.25. The number of alkyl carbamates (subject to hydrolysis) is 1. The van der Waals surface area contributed by atoms with Crippen LogP contribution in [0.3, 0.4) is 0 Å². The van der Waals surface area contributed by atoms with Crippen LogP contribution in [0.2, 0.25) is 0 Å². The van der Waals surface area contributed by atoms with Crippen LogP contribution in [0.15, 0.2) is 60.7 Å². The third-order valence-corrected chi connectivity index (χ3v) is 6.32. The maximum absolute atomic E-state index is 13.2. The molecular formula is C29H42N4O7. The van der Waals surface area contributed by atoms with E-state index in [1.54, 1.807) is 20.8 Å². The number of hydrogen-bond donors (Lipinski definition) is 7. The zero-order valence-electron chi connectivity index (χ0n) is 23.5. The average Bonchev–Trinajstić information content (AvgIpc) is 2.90. The summed E-state index contributed by atoms with van der Waals surface area (Å²) in [4.78, 5) is 36.4. The SMILES string of the molecule is CNC(=O)OC(C(=O)N[C@@H](Cc1ccccc1)C(O)CNC[C@@H](O)[C@H](Cc1ccccc1)NC(=O)O)C(C)(C)C. The van der Waals surface area contributed by atoms with Crippen LogP contribution in [0.5, 0.6) is 0 Å². The molecular weight excluding hydrogens is 516 g/mol. The summed E-state index contributed by atoms with van der Waals surface area (Å²) in [5.74, 6) is -0.551. The van der Waals surface area contributed by atoms with E-state index in [4.69, 9.17) is 4.74 Å². The first kappa shape index (κ1) is 32.5. The number of hydrogen-bond acceptors (Lipinski definition) is 7. The standard InChI is InChI=1S/C29H42N4O7/c1-29(2,3)25(40-28(39)30-4)26(36)32-21(15-19-11-7-5-8-12-19)23(34)17-31-18-24(35)22(33-27(37)38)16-20-13-9-6-10-14-20/h5-14,21-25,31,33-35H,15-18H2,1-4H3,(H,30,39)(H,32,36)(H,37,38)/t21-,22-,23?,24+,25?/m0/s1. The quantitative estimate of drug-likeness (QED) is 0.184. The number of carboxylic acid groups (broad SMARTS) is 1. The lowest BCUT2D eigenvalue weighted by molar-refractivity contribution is -0.136. The molecule has 2 aromatic carbocycles. The van der Waals surface area contributed by atoms with E-state index >= 15 is 0 Å². The number of nitrogens with one attached hydrogen (secondary N) is 4. The van der Waals surface area contributed by atoms with Gasteiger partial charge in [0.15, 0.2) is 6.10 Å². The van der Waals surface area contributed by atoms with E-state index in [0.717, 1.165) is 11.1 Å². The van der Waals surface area contributed by atoms with Crippen molar-refractivity contribution in [3.05, 3.63) is 71.8 Å². The molecule has 0 aromatic heterocycles. The Hall–Kier alpha value is -3.67. The topological polar surface area (TPSA) is 169 Å². The minimum absolute atomic E-state index is 0.00352. The molecule has 2 aromatic rings. The van der Waals surface area contributed by atoms with Crippen molar-refractivity contribution in [1.82, 2.24) is 21.3 Å². The lowest BCUT2D eigenvalue weighted by atomic mass is 9.88. The van der Waals surface area contributed by atoms with Crippen molar-refractivity contribution in [2.75, 3.05) is 20.1 Å². The van der Waals surface area contributed by atoms with Gasteiger partial charge in [-0.1, -0.05) is 81.4 Å². The van der Waals surface area contributed by atoms with Crippen LogP contribution in [0, 0.1) is 5.41 Å². The maximum Gasteiger partial charge on any atom is 0.407 e. The van der Waals surface area contributed by atoms with Gasteiger partial charge in [0.05, 0.1) is 24.3 Å². The summed E-state index contributed by atoms with van der Waals surface area (Å²) in [6, 6.07) is 17.0. The summed E-state index contributed by atoms with van der Waals surface area (Å²) >= 11 is 0. The van der Waals surface area contributed by atoms with Gasteiger partial charge in [-0.15, -0.1) is 0 Å². The van der Waals surface area contributed by atoms with Crippen LogP contribution in [0.4, 0.5) is 9.59 Å². The van der Waals surface area contributed by atoms with Crippen LogP contribution in [0.1, 0.15) is 31.9 Å². The van der Waals surface area contributed by atoms with Gasteiger partial charge in [-0.3, -0.25) is 4.79 Å². The van der Waals surface area contributed by atoms with E-state index in [1.165, 1.54) is 7.05 Å². The monoisotopic (exact) mass is 558 g/mol. The first-order valence-electron chi connectivity index (χ1n) is 13.2. The van der Waals surface area contributed by atoms with Crippen molar-refractivity contribution in [3.63, 3.8) is 0 Å². The van der Waals surface area contributed by atoms with Crippen molar-refractivity contribution < 1.29 is 34.4 Å². The van der Waals surface area contributed by atoms with Crippen molar-refractivity contribution in [2.24, 2.45) is 5.41 Å². The number of rotatable bonds is 14. The Morgan fingerprint density at radius 3 is 1.65 bits per heavy atom. The summed E-state index contributed by atoms with van der Waals surface area (Å²) in [6.45, 7) is 5.29. The number of aliphatic hydroxyl groups excluding tert-OH is 2. The number of amides is 3. The predicted octanol–water partition coefficient (Wildman–Crippen LogP) is 1.67. The summed E-state index contributed by atoms with van der Waals surface area (Å²) in [7, 11) is 1.40. The average molecular weight is 559 g/mol. The van der Waals surface area contributed by atoms with Gasteiger partial charge in [-0.2, -0.15) is 0 Å². The molecule has 0 aliphatic carbocycles. The van der Waals surface area contributed by atoms with Crippen LogP contribution in [-0.2, 0) is 22.4 Å². The normalized spacial score (nSPS) is 15.2. The molecule has 0 aliphatic heterocycles. The van der Waals surface area contributed by atoms with E-state index < -0.39 is 53.9 Å². The fraction of sp³-hybridized carbons (Fsp3) is 0.483. The summed E-state index contributed by atoms with van der Waals surface area (Å²) in [5.41, 5.74) is 1.02. The molecule has 0 radical (unpaired) electrons. The zero-order chi connectivity index (χ0) is 29.7. The Morgan fingerprint density at radius 2 is 1.25 bits per heavy atom. The molecule has 0 bridgehead atoms. The molecule has 0 spiro atoms. The Labute approximate surface area is 235 Å². The molecule has 220 valence electrons. The second kappa shape index (κ2) is 15.8. The van der Waals surface area contributed by atoms with E-state index in [9.17, 15) is 29.7 Å². The van der Waals surface area contributed by atoms with E-state index in [0.29, 0.717) is 6.42 Å². The summed E-state index contributed by atoms with van der Waals surface area (Å²) in [5, 5.41) is 41.6. The Balaban J connectivity index is 2.09. The molecule has 0 saturated heterocycles. The highest BCUT2D eigenvalue weighted by Crippen LogP contribution is 2.23. The minimum Gasteiger partial charge on any atom is -0.465 e. The molecule has 11 nitrogen and oxygen atoms in total. The molecule has 3 amide bonds. The summed E-state index contributed by atoms with van der Waals surface area (Å²) in [6.07, 6.45) is -4.71. The van der Waals surface area contributed by atoms with Gasteiger partial charge in [0, 0.05) is 25.6 Å². The molecule has 0 fully saturated rings. The van der Waals surface area contributed by atoms with Gasteiger partial charge in [-0.25, -0.2) is 9.59 Å². The molecule has 5 atom stereocenters. The third kappa shape index (κ3) is 11.2. The number of carbonyl (C=O) groups excluding carboxylic acids is 2. The van der Waals surface area contributed by atoms with E-state index in [-0.39, 0.29) is 19.5 Å². The fourth-order valence-electron chi connectivity index (χ4n) is 4.17. The molecule has 0 heterocycles. The van der Waals surface area contributed by atoms with Gasteiger partial charge in [0.1, 0.15) is 0 Å². The smallest absolute Gasteiger partial charge is 0.407 e. The largest absolute Gasteiger partial charge is 0.465 e. The third-order valence-electron chi connectivity index (χ3n) is 6.32. The van der Waals surface area contributed by atoms with Crippen molar-refractivity contribution in [2.45, 2.75) is 64.0 Å². The Kier molecular flexibility index (Phi) is 12.9. The number of aliphatic hydroxyl groups is 2. The van der Waals surface area contributed by atoms with Crippen LogP contribution in [0.25, 0.3) is 0 Å². The van der Waals surface area contributed by atoms with E-state index in [2.05, 4.69) is 21.3 Å². The van der Waals surface area contributed by atoms with Gasteiger partial charge in [-0.05, 0) is 24.0 Å². The second-order valence-electron chi connectivity index (χ2n) is 10.7. The number of carbonyl (C=O) groups is 3. The number of ether oxygens (including phenoxy) is 1. The van der Waals surface area contributed by atoms with Gasteiger partial charge in [0.2, 0.25) is 0 Å². The molecule has 2 rings (SSSR count).